The maximum atomic E-state index is 11.8. The normalized spacial score (nSPS) is 13.8. The van der Waals surface area contributed by atoms with Crippen molar-refractivity contribution in [3.8, 4) is 0 Å². The molecule has 0 bridgehead atoms. The number of nitrogens with one attached hydrogen (secondary N) is 1. The van der Waals surface area contributed by atoms with Crippen LogP contribution in [0.5, 0.6) is 0 Å². The molecule has 0 aromatic heterocycles. The van der Waals surface area contributed by atoms with Crippen LogP contribution in [0.1, 0.15) is 25.8 Å². The van der Waals surface area contributed by atoms with Gasteiger partial charge in [0.1, 0.15) is 12.1 Å². The zero-order chi connectivity index (χ0) is 16.0. The molecule has 0 unspecified atom stereocenters. The second-order valence-electron chi connectivity index (χ2n) is 5.44. The van der Waals surface area contributed by atoms with E-state index in [1.54, 1.807) is 24.3 Å². The molecule has 0 aliphatic heterocycles. The number of hydrogen-bond acceptors (Lipinski definition) is 3. The molecule has 2 amide bonds. The lowest BCUT2D eigenvalue weighted by Crippen LogP contribution is -2.49. The van der Waals surface area contributed by atoms with Crippen LogP contribution in [0, 0.1) is 5.92 Å². The minimum Gasteiger partial charge on any atom is -0.383 e. The Hall–Kier alpha value is -1.59. The summed E-state index contributed by atoms with van der Waals surface area (Å²) in [4.78, 5) is 23.3. The standard InChI is InChI=1S/C15H21ClN2O3/c1-9(2)7-13(19)15(21)18-12(14(17)20)8-10-3-5-11(16)6-4-10/h3-6,9,12-13,19H,7-8H2,1-2H3,(H2,17,20)(H,18,21)/t12-,13-/m0/s1. The molecule has 4 N–H and O–H groups in total. The summed E-state index contributed by atoms with van der Waals surface area (Å²) in [5, 5.41) is 12.8. The SMILES string of the molecule is CC(C)C[C@H](O)C(=O)N[C@@H](Cc1ccc(Cl)cc1)C(N)=O. The summed E-state index contributed by atoms with van der Waals surface area (Å²) in [5.74, 6) is -1.05. The maximum Gasteiger partial charge on any atom is 0.249 e. The molecule has 1 aromatic rings. The summed E-state index contributed by atoms with van der Waals surface area (Å²) in [5.41, 5.74) is 6.12. The van der Waals surface area contributed by atoms with Crippen molar-refractivity contribution in [2.75, 3.05) is 0 Å². The van der Waals surface area contributed by atoms with Gasteiger partial charge in [0.25, 0.3) is 0 Å². The largest absolute Gasteiger partial charge is 0.383 e. The van der Waals surface area contributed by atoms with E-state index in [9.17, 15) is 14.7 Å². The van der Waals surface area contributed by atoms with Crippen LogP contribution in [-0.2, 0) is 16.0 Å². The van der Waals surface area contributed by atoms with Crippen LogP contribution in [0.4, 0.5) is 0 Å². The van der Waals surface area contributed by atoms with Gasteiger partial charge in [-0.05, 0) is 30.0 Å². The lowest BCUT2D eigenvalue weighted by atomic mass is 10.0. The highest BCUT2D eigenvalue weighted by Gasteiger charge is 2.23. The third kappa shape index (κ3) is 6.14. The van der Waals surface area contributed by atoms with Gasteiger partial charge in [0, 0.05) is 11.4 Å². The zero-order valence-electron chi connectivity index (χ0n) is 12.2. The summed E-state index contributed by atoms with van der Waals surface area (Å²) in [6, 6.07) is 6.05. The van der Waals surface area contributed by atoms with Crippen LogP contribution >= 0.6 is 11.6 Å². The van der Waals surface area contributed by atoms with E-state index in [1.807, 2.05) is 13.8 Å². The highest BCUT2D eigenvalue weighted by molar-refractivity contribution is 6.30. The van der Waals surface area contributed by atoms with Crippen molar-refractivity contribution in [3.63, 3.8) is 0 Å². The fraction of sp³-hybridized carbons (Fsp3) is 0.467. The third-order valence-electron chi connectivity index (χ3n) is 3.01. The van der Waals surface area contributed by atoms with E-state index in [4.69, 9.17) is 17.3 Å². The Morgan fingerprint density at radius 3 is 2.33 bits per heavy atom. The molecule has 5 nitrogen and oxygen atoms in total. The highest BCUT2D eigenvalue weighted by Crippen LogP contribution is 2.11. The van der Waals surface area contributed by atoms with Crippen molar-refractivity contribution in [1.29, 1.82) is 0 Å². The molecule has 0 spiro atoms. The average molecular weight is 313 g/mol. The van der Waals surface area contributed by atoms with Gasteiger partial charge in [0.2, 0.25) is 11.8 Å². The number of benzene rings is 1. The Morgan fingerprint density at radius 1 is 1.29 bits per heavy atom. The molecule has 0 saturated carbocycles. The Labute approximate surface area is 129 Å². The van der Waals surface area contributed by atoms with Gasteiger partial charge in [-0.1, -0.05) is 37.6 Å². The van der Waals surface area contributed by atoms with Crippen molar-refractivity contribution in [2.45, 2.75) is 38.8 Å². The molecule has 0 saturated heterocycles. The van der Waals surface area contributed by atoms with E-state index < -0.39 is 24.0 Å². The van der Waals surface area contributed by atoms with E-state index in [-0.39, 0.29) is 12.3 Å². The third-order valence-corrected chi connectivity index (χ3v) is 3.26. The Balaban J connectivity index is 2.67. The number of aliphatic hydroxyl groups is 1. The van der Waals surface area contributed by atoms with Crippen molar-refractivity contribution in [2.24, 2.45) is 11.7 Å². The molecule has 2 atom stereocenters. The monoisotopic (exact) mass is 312 g/mol. The molecule has 21 heavy (non-hydrogen) atoms. The zero-order valence-corrected chi connectivity index (χ0v) is 12.9. The quantitative estimate of drug-likeness (QED) is 0.707. The lowest BCUT2D eigenvalue weighted by Gasteiger charge is -2.19. The minimum atomic E-state index is -1.14. The molecule has 0 heterocycles. The van der Waals surface area contributed by atoms with Crippen molar-refractivity contribution in [1.82, 2.24) is 5.32 Å². The number of hydrogen-bond donors (Lipinski definition) is 3. The first kappa shape index (κ1) is 17.5. The van der Waals surface area contributed by atoms with Crippen LogP contribution in [0.3, 0.4) is 0 Å². The van der Waals surface area contributed by atoms with E-state index in [1.165, 1.54) is 0 Å². The first-order chi connectivity index (χ1) is 9.79. The number of aliphatic hydroxyl groups excluding tert-OH is 1. The van der Waals surface area contributed by atoms with Gasteiger partial charge in [-0.25, -0.2) is 0 Å². The molecule has 1 rings (SSSR count). The number of carbonyl (C=O) groups excluding carboxylic acids is 2. The van der Waals surface area contributed by atoms with Gasteiger partial charge in [-0.2, -0.15) is 0 Å². The topological polar surface area (TPSA) is 92.4 Å². The second-order valence-corrected chi connectivity index (χ2v) is 5.88. The van der Waals surface area contributed by atoms with Crippen LogP contribution in [0.15, 0.2) is 24.3 Å². The van der Waals surface area contributed by atoms with E-state index >= 15 is 0 Å². The molecule has 0 radical (unpaired) electrons. The molecular formula is C15H21ClN2O3. The molecule has 0 aliphatic rings. The first-order valence-corrected chi connectivity index (χ1v) is 7.19. The summed E-state index contributed by atoms with van der Waals surface area (Å²) in [6.45, 7) is 3.80. The van der Waals surface area contributed by atoms with Gasteiger partial charge in [0.15, 0.2) is 0 Å². The summed E-state index contributed by atoms with van der Waals surface area (Å²) < 4.78 is 0. The van der Waals surface area contributed by atoms with E-state index in [0.29, 0.717) is 11.4 Å². The smallest absolute Gasteiger partial charge is 0.249 e. The molecular weight excluding hydrogens is 292 g/mol. The average Bonchev–Trinajstić information content (AvgIpc) is 2.39. The number of nitrogens with two attached hydrogens (primary N) is 1. The van der Waals surface area contributed by atoms with Gasteiger partial charge < -0.3 is 16.2 Å². The minimum absolute atomic E-state index is 0.175. The van der Waals surface area contributed by atoms with E-state index in [2.05, 4.69) is 5.32 Å². The number of primary amides is 1. The molecule has 116 valence electrons. The molecule has 6 heteroatoms. The van der Waals surface area contributed by atoms with Gasteiger partial charge in [-0.3, -0.25) is 9.59 Å². The lowest BCUT2D eigenvalue weighted by molar-refractivity contribution is -0.133. The number of amides is 2. The molecule has 1 aromatic carbocycles. The number of rotatable bonds is 7. The van der Waals surface area contributed by atoms with Gasteiger partial charge in [-0.15, -0.1) is 0 Å². The number of carbonyl (C=O) groups is 2. The predicted octanol–water partition coefficient (Wildman–Crippen LogP) is 1.26. The fourth-order valence-electron chi connectivity index (χ4n) is 1.90. The predicted molar refractivity (Wildman–Crippen MR) is 81.7 cm³/mol. The van der Waals surface area contributed by atoms with Crippen LogP contribution in [0.25, 0.3) is 0 Å². The first-order valence-electron chi connectivity index (χ1n) is 6.81. The second kappa shape index (κ2) is 8.00. The van der Waals surface area contributed by atoms with Crippen molar-refractivity contribution < 1.29 is 14.7 Å². The summed E-state index contributed by atoms with van der Waals surface area (Å²) in [7, 11) is 0. The summed E-state index contributed by atoms with van der Waals surface area (Å²) >= 11 is 5.79. The Bertz CT molecular complexity index is 488. The maximum absolute atomic E-state index is 11.8. The number of halogens is 1. The summed E-state index contributed by atoms with van der Waals surface area (Å²) in [6.07, 6.45) is -0.553. The highest BCUT2D eigenvalue weighted by atomic mass is 35.5. The van der Waals surface area contributed by atoms with Crippen molar-refractivity contribution in [3.05, 3.63) is 34.9 Å². The van der Waals surface area contributed by atoms with Crippen LogP contribution in [0.2, 0.25) is 5.02 Å². The van der Waals surface area contributed by atoms with Gasteiger partial charge in [0.05, 0.1) is 0 Å². The molecule has 0 aliphatic carbocycles. The van der Waals surface area contributed by atoms with Crippen LogP contribution < -0.4 is 11.1 Å². The van der Waals surface area contributed by atoms with Crippen molar-refractivity contribution >= 4 is 23.4 Å². The molecule has 0 fully saturated rings. The Kier molecular flexibility index (Phi) is 6.65. The van der Waals surface area contributed by atoms with Crippen LogP contribution in [-0.4, -0.2) is 29.1 Å². The van der Waals surface area contributed by atoms with Gasteiger partial charge >= 0.3 is 0 Å². The van der Waals surface area contributed by atoms with E-state index in [0.717, 1.165) is 5.56 Å². The Morgan fingerprint density at radius 2 is 1.86 bits per heavy atom. The fourth-order valence-corrected chi connectivity index (χ4v) is 2.03.